The minimum Gasteiger partial charge on any atom is -0.464 e. The van der Waals surface area contributed by atoms with Crippen LogP contribution in [-0.4, -0.2) is 13.4 Å². The number of para-hydroxylation sites is 1. The van der Waals surface area contributed by atoms with E-state index in [1.165, 1.54) is 0 Å². The molecule has 2 heteroatoms. The number of hydrogen-bond donors (Lipinski definition) is 0. The summed E-state index contributed by atoms with van der Waals surface area (Å²) < 4.78 is 11.0. The summed E-state index contributed by atoms with van der Waals surface area (Å²) in [6.07, 6.45) is -0.218. The lowest BCUT2D eigenvalue weighted by atomic mass is 9.96. The Hall–Kier alpha value is -1.02. The predicted octanol–water partition coefficient (Wildman–Crippen LogP) is 3.08. The van der Waals surface area contributed by atoms with Crippen LogP contribution < -0.4 is 4.74 Å². The van der Waals surface area contributed by atoms with Gasteiger partial charge in [-0.15, -0.1) is 0 Å². The number of hydrogen-bond acceptors (Lipinski definition) is 2. The average molecular weight is 194 g/mol. The van der Waals surface area contributed by atoms with Gasteiger partial charge in [0.2, 0.25) is 6.29 Å². The van der Waals surface area contributed by atoms with E-state index in [0.29, 0.717) is 0 Å². The highest BCUT2D eigenvalue weighted by molar-refractivity contribution is 5.21. The summed E-state index contributed by atoms with van der Waals surface area (Å²) in [5.74, 6) is 0.842. The molecule has 0 fully saturated rings. The molecule has 0 aliphatic heterocycles. The maximum absolute atomic E-state index is 5.71. The Morgan fingerprint density at radius 3 is 2.07 bits per heavy atom. The van der Waals surface area contributed by atoms with Crippen molar-refractivity contribution < 1.29 is 9.47 Å². The zero-order valence-corrected chi connectivity index (χ0v) is 9.28. The molecule has 0 saturated heterocycles. The molecule has 1 aromatic carbocycles. The summed E-state index contributed by atoms with van der Waals surface area (Å²) in [7, 11) is 1.67. The fourth-order valence-electron chi connectivity index (χ4n) is 1.20. The van der Waals surface area contributed by atoms with Crippen LogP contribution in [0.5, 0.6) is 5.75 Å². The van der Waals surface area contributed by atoms with E-state index in [1.54, 1.807) is 7.11 Å². The first-order valence-electron chi connectivity index (χ1n) is 4.78. The van der Waals surface area contributed by atoms with Crippen molar-refractivity contribution in [2.75, 3.05) is 7.11 Å². The summed E-state index contributed by atoms with van der Waals surface area (Å²) in [4.78, 5) is 0. The largest absolute Gasteiger partial charge is 0.464 e. The summed E-state index contributed by atoms with van der Waals surface area (Å²) >= 11 is 0. The fraction of sp³-hybridized carbons (Fsp3) is 0.500. The van der Waals surface area contributed by atoms with Gasteiger partial charge in [-0.2, -0.15) is 0 Å². The van der Waals surface area contributed by atoms with E-state index < -0.39 is 0 Å². The van der Waals surface area contributed by atoms with Crippen molar-refractivity contribution in [3.63, 3.8) is 0 Å². The third-order valence-corrected chi connectivity index (χ3v) is 1.91. The third kappa shape index (κ3) is 3.04. The van der Waals surface area contributed by atoms with Crippen molar-refractivity contribution in [1.82, 2.24) is 0 Å². The average Bonchev–Trinajstić information content (AvgIpc) is 2.14. The molecule has 0 aliphatic carbocycles. The second kappa shape index (κ2) is 4.47. The first kappa shape index (κ1) is 11.1. The highest BCUT2D eigenvalue weighted by Crippen LogP contribution is 2.24. The van der Waals surface area contributed by atoms with E-state index in [9.17, 15) is 0 Å². The summed E-state index contributed by atoms with van der Waals surface area (Å²) in [6, 6.07) is 9.72. The molecule has 0 spiro atoms. The molecule has 0 aliphatic rings. The van der Waals surface area contributed by atoms with Gasteiger partial charge in [-0.05, 0) is 12.1 Å². The topological polar surface area (TPSA) is 18.5 Å². The fourth-order valence-corrected chi connectivity index (χ4v) is 1.20. The van der Waals surface area contributed by atoms with E-state index in [1.807, 2.05) is 30.3 Å². The molecule has 0 heterocycles. The van der Waals surface area contributed by atoms with Gasteiger partial charge in [-0.3, -0.25) is 0 Å². The maximum Gasteiger partial charge on any atom is 0.204 e. The minimum absolute atomic E-state index is 0.0232. The van der Waals surface area contributed by atoms with E-state index in [4.69, 9.17) is 9.47 Å². The van der Waals surface area contributed by atoms with Gasteiger partial charge in [0, 0.05) is 12.5 Å². The van der Waals surface area contributed by atoms with Crippen molar-refractivity contribution >= 4 is 0 Å². The molecule has 0 amide bonds. The Balaban J connectivity index is 2.67. The van der Waals surface area contributed by atoms with E-state index in [0.717, 1.165) is 5.75 Å². The van der Waals surface area contributed by atoms with Crippen LogP contribution >= 0.6 is 0 Å². The Morgan fingerprint density at radius 1 is 1.07 bits per heavy atom. The van der Waals surface area contributed by atoms with Crippen LogP contribution in [0.2, 0.25) is 0 Å². The van der Waals surface area contributed by atoms with Gasteiger partial charge in [0.05, 0.1) is 0 Å². The number of benzene rings is 1. The van der Waals surface area contributed by atoms with E-state index in [2.05, 4.69) is 20.8 Å². The first-order chi connectivity index (χ1) is 6.54. The van der Waals surface area contributed by atoms with Crippen LogP contribution in [0.25, 0.3) is 0 Å². The van der Waals surface area contributed by atoms with Crippen molar-refractivity contribution in [3.05, 3.63) is 30.3 Å². The summed E-state index contributed by atoms with van der Waals surface area (Å²) in [5.41, 5.74) is -0.0232. The molecule has 0 N–H and O–H groups in total. The number of rotatable bonds is 3. The van der Waals surface area contributed by atoms with Gasteiger partial charge < -0.3 is 9.47 Å². The van der Waals surface area contributed by atoms with Gasteiger partial charge in [0.25, 0.3) is 0 Å². The molecule has 1 rings (SSSR count). The van der Waals surface area contributed by atoms with Gasteiger partial charge in [0.1, 0.15) is 5.75 Å². The zero-order valence-electron chi connectivity index (χ0n) is 9.28. The molecule has 1 unspecified atom stereocenters. The second-order valence-electron chi connectivity index (χ2n) is 4.36. The smallest absolute Gasteiger partial charge is 0.204 e. The summed E-state index contributed by atoms with van der Waals surface area (Å²) in [6.45, 7) is 6.26. The normalized spacial score (nSPS) is 13.7. The Labute approximate surface area is 85.8 Å². The van der Waals surface area contributed by atoms with Gasteiger partial charge in [-0.25, -0.2) is 0 Å². The zero-order chi connectivity index (χ0) is 10.6. The van der Waals surface area contributed by atoms with Crippen LogP contribution in [0.1, 0.15) is 20.8 Å². The molecule has 0 saturated carbocycles. The van der Waals surface area contributed by atoms with E-state index >= 15 is 0 Å². The lowest BCUT2D eigenvalue weighted by Gasteiger charge is -2.29. The highest BCUT2D eigenvalue weighted by Gasteiger charge is 2.26. The third-order valence-electron chi connectivity index (χ3n) is 1.91. The lowest BCUT2D eigenvalue weighted by molar-refractivity contribution is -0.120. The molecular formula is C12H18O2. The summed E-state index contributed by atoms with van der Waals surface area (Å²) in [5, 5.41) is 0. The monoisotopic (exact) mass is 194 g/mol. The molecule has 0 bridgehead atoms. The van der Waals surface area contributed by atoms with E-state index in [-0.39, 0.29) is 11.7 Å². The SMILES string of the molecule is COC(Oc1ccccc1)C(C)(C)C. The molecule has 14 heavy (non-hydrogen) atoms. The first-order valence-corrected chi connectivity index (χ1v) is 4.78. The Morgan fingerprint density at radius 2 is 1.64 bits per heavy atom. The maximum atomic E-state index is 5.71. The van der Waals surface area contributed by atoms with Crippen LogP contribution in [0.15, 0.2) is 30.3 Å². The second-order valence-corrected chi connectivity index (χ2v) is 4.36. The number of ether oxygens (including phenoxy) is 2. The van der Waals surface area contributed by atoms with Crippen LogP contribution in [-0.2, 0) is 4.74 Å². The van der Waals surface area contributed by atoms with Crippen molar-refractivity contribution in [2.45, 2.75) is 27.1 Å². The predicted molar refractivity (Wildman–Crippen MR) is 57.3 cm³/mol. The van der Waals surface area contributed by atoms with Crippen molar-refractivity contribution in [3.8, 4) is 5.75 Å². The molecule has 2 nitrogen and oxygen atoms in total. The highest BCUT2D eigenvalue weighted by atomic mass is 16.7. The van der Waals surface area contributed by atoms with Crippen molar-refractivity contribution in [2.24, 2.45) is 5.41 Å². The minimum atomic E-state index is -0.218. The van der Waals surface area contributed by atoms with Crippen LogP contribution in [0, 0.1) is 5.41 Å². The molecule has 1 atom stereocenters. The lowest BCUT2D eigenvalue weighted by Crippen LogP contribution is -2.33. The van der Waals surface area contributed by atoms with Gasteiger partial charge in [0.15, 0.2) is 0 Å². The molecule has 0 aromatic heterocycles. The standard InChI is InChI=1S/C12H18O2/c1-12(2,3)11(13-4)14-10-8-6-5-7-9-10/h5-9,11H,1-4H3. The molecule has 0 radical (unpaired) electrons. The Bertz CT molecular complexity index is 261. The van der Waals surface area contributed by atoms with Gasteiger partial charge in [-0.1, -0.05) is 39.0 Å². The quantitative estimate of drug-likeness (QED) is 0.688. The Kier molecular flexibility index (Phi) is 3.53. The van der Waals surface area contributed by atoms with Crippen LogP contribution in [0.4, 0.5) is 0 Å². The van der Waals surface area contributed by atoms with Crippen LogP contribution in [0.3, 0.4) is 0 Å². The molecular weight excluding hydrogens is 176 g/mol. The number of methoxy groups -OCH3 is 1. The van der Waals surface area contributed by atoms with Crippen molar-refractivity contribution in [1.29, 1.82) is 0 Å². The molecule has 1 aromatic rings. The van der Waals surface area contributed by atoms with Gasteiger partial charge >= 0.3 is 0 Å². The molecule has 78 valence electrons.